The lowest BCUT2D eigenvalue weighted by molar-refractivity contribution is -0.130. The maximum Gasteiger partial charge on any atom is 0.295 e. The predicted octanol–water partition coefficient (Wildman–Crippen LogP) is 3.15. The minimum atomic E-state index is -0.440. The first-order valence-electron chi connectivity index (χ1n) is 8.16. The first kappa shape index (κ1) is 15.6. The number of ether oxygens (including phenoxy) is 1. The van der Waals surface area contributed by atoms with E-state index < -0.39 is 5.78 Å². The van der Waals surface area contributed by atoms with Crippen LogP contribution in [0.25, 0.3) is 10.9 Å². The van der Waals surface area contributed by atoms with E-state index in [1.165, 1.54) is 0 Å². The Morgan fingerprint density at radius 3 is 2.91 bits per heavy atom. The van der Waals surface area contributed by atoms with Crippen LogP contribution in [0.15, 0.2) is 24.4 Å². The predicted molar refractivity (Wildman–Crippen MR) is 88.8 cm³/mol. The number of hydrogen-bond acceptors (Lipinski definition) is 3. The highest BCUT2D eigenvalue weighted by molar-refractivity contribution is 6.45. The molecule has 122 valence electrons. The number of benzene rings is 1. The smallest absolute Gasteiger partial charge is 0.295 e. The number of hydrogen-bond donors (Lipinski definition) is 1. The van der Waals surface area contributed by atoms with E-state index in [1.54, 1.807) is 24.3 Å². The number of aromatic nitrogens is 1. The molecule has 5 nitrogen and oxygen atoms in total. The molecule has 1 N–H and O–H groups in total. The Bertz CT molecular complexity index is 735. The lowest BCUT2D eigenvalue weighted by Crippen LogP contribution is -2.46. The number of fused-ring (bicyclic) bond motifs is 1. The summed E-state index contributed by atoms with van der Waals surface area (Å²) in [4.78, 5) is 30.2. The van der Waals surface area contributed by atoms with E-state index in [0.717, 1.165) is 36.6 Å². The minimum Gasteiger partial charge on any atom is -0.497 e. The third-order valence-corrected chi connectivity index (χ3v) is 4.69. The number of carbonyl (C=O) groups excluding carboxylic acids is 2. The summed E-state index contributed by atoms with van der Waals surface area (Å²) < 4.78 is 5.22. The number of nitrogens with zero attached hydrogens (tertiary/aromatic N) is 1. The molecule has 0 saturated carbocycles. The number of amides is 1. The van der Waals surface area contributed by atoms with Crippen molar-refractivity contribution in [2.24, 2.45) is 0 Å². The zero-order valence-corrected chi connectivity index (χ0v) is 13.6. The fourth-order valence-electron chi connectivity index (χ4n) is 3.35. The Hall–Kier alpha value is -2.30. The van der Waals surface area contributed by atoms with E-state index in [1.807, 2.05) is 12.1 Å². The van der Waals surface area contributed by atoms with E-state index in [-0.39, 0.29) is 11.9 Å². The summed E-state index contributed by atoms with van der Waals surface area (Å²) in [6.07, 6.45) is 5.59. The number of ketones is 1. The van der Waals surface area contributed by atoms with Gasteiger partial charge in [0.2, 0.25) is 0 Å². The van der Waals surface area contributed by atoms with Gasteiger partial charge in [-0.25, -0.2) is 0 Å². The number of rotatable bonds is 4. The van der Waals surface area contributed by atoms with Gasteiger partial charge in [0, 0.05) is 29.7 Å². The van der Waals surface area contributed by atoms with Crippen LogP contribution in [0.3, 0.4) is 0 Å². The molecular formula is C18H22N2O3. The van der Waals surface area contributed by atoms with Crippen molar-refractivity contribution in [1.82, 2.24) is 9.88 Å². The van der Waals surface area contributed by atoms with Crippen molar-refractivity contribution >= 4 is 22.6 Å². The van der Waals surface area contributed by atoms with Gasteiger partial charge in [0.05, 0.1) is 12.7 Å². The highest BCUT2D eigenvalue weighted by atomic mass is 16.5. The Kier molecular flexibility index (Phi) is 4.37. The van der Waals surface area contributed by atoms with Gasteiger partial charge in [-0.15, -0.1) is 0 Å². The second-order valence-electron chi connectivity index (χ2n) is 6.00. The van der Waals surface area contributed by atoms with Crippen molar-refractivity contribution < 1.29 is 14.3 Å². The normalized spacial score (nSPS) is 18.2. The average Bonchev–Trinajstić information content (AvgIpc) is 3.03. The van der Waals surface area contributed by atoms with Crippen LogP contribution in [0.4, 0.5) is 0 Å². The molecular weight excluding hydrogens is 292 g/mol. The molecule has 1 unspecified atom stereocenters. The quantitative estimate of drug-likeness (QED) is 0.696. The molecule has 1 aliphatic rings. The van der Waals surface area contributed by atoms with E-state index in [2.05, 4.69) is 11.9 Å². The van der Waals surface area contributed by atoms with Gasteiger partial charge < -0.3 is 14.6 Å². The van der Waals surface area contributed by atoms with Gasteiger partial charge in [0.15, 0.2) is 0 Å². The van der Waals surface area contributed by atoms with Crippen molar-refractivity contribution in [3.05, 3.63) is 30.0 Å². The number of aromatic amines is 1. The molecule has 0 bridgehead atoms. The number of likely N-dealkylation sites (tertiary alicyclic amines) is 1. The first-order chi connectivity index (χ1) is 11.2. The molecule has 1 amide bonds. The van der Waals surface area contributed by atoms with Gasteiger partial charge in [-0.1, -0.05) is 6.92 Å². The van der Waals surface area contributed by atoms with E-state index in [4.69, 9.17) is 4.74 Å². The fraction of sp³-hybridized carbons (Fsp3) is 0.444. The van der Waals surface area contributed by atoms with Crippen molar-refractivity contribution in [3.63, 3.8) is 0 Å². The van der Waals surface area contributed by atoms with Crippen LogP contribution in [0, 0.1) is 0 Å². The standard InChI is InChI=1S/C18H22N2O3/c1-3-12-6-4-5-9-20(12)18(22)17(21)15-11-19-16-8-7-13(23-2)10-14(15)16/h7-8,10-12,19H,3-6,9H2,1-2H3. The zero-order chi connectivity index (χ0) is 16.4. The van der Waals surface area contributed by atoms with Crippen LogP contribution in [0.1, 0.15) is 43.0 Å². The molecule has 23 heavy (non-hydrogen) atoms. The summed E-state index contributed by atoms with van der Waals surface area (Å²) in [5.74, 6) is -0.159. The molecule has 1 aromatic carbocycles. The van der Waals surface area contributed by atoms with Crippen molar-refractivity contribution in [2.45, 2.75) is 38.6 Å². The Morgan fingerprint density at radius 1 is 1.35 bits per heavy atom. The second-order valence-corrected chi connectivity index (χ2v) is 6.00. The van der Waals surface area contributed by atoms with Gasteiger partial charge in [-0.2, -0.15) is 0 Å². The number of Topliss-reactive ketones (excluding diaryl/α,β-unsaturated/α-hetero) is 1. The summed E-state index contributed by atoms with van der Waals surface area (Å²) in [5.41, 5.74) is 1.25. The van der Waals surface area contributed by atoms with Gasteiger partial charge in [-0.3, -0.25) is 9.59 Å². The number of nitrogens with one attached hydrogen (secondary N) is 1. The summed E-state index contributed by atoms with van der Waals surface area (Å²) >= 11 is 0. The van der Waals surface area contributed by atoms with Crippen LogP contribution in [-0.4, -0.2) is 41.3 Å². The van der Waals surface area contributed by atoms with Crippen molar-refractivity contribution in [3.8, 4) is 5.75 Å². The molecule has 0 aliphatic carbocycles. The topological polar surface area (TPSA) is 62.4 Å². The molecule has 3 rings (SSSR count). The van der Waals surface area contributed by atoms with Crippen molar-refractivity contribution in [1.29, 1.82) is 0 Å². The maximum atomic E-state index is 12.7. The highest BCUT2D eigenvalue weighted by Crippen LogP contribution is 2.26. The number of carbonyl (C=O) groups is 2. The fourth-order valence-corrected chi connectivity index (χ4v) is 3.35. The SMILES string of the molecule is CCC1CCCCN1C(=O)C(=O)c1c[nH]c2ccc(OC)cc12. The lowest BCUT2D eigenvalue weighted by atomic mass is 9.98. The molecule has 5 heteroatoms. The van der Waals surface area contributed by atoms with Gasteiger partial charge in [-0.05, 0) is 43.9 Å². The zero-order valence-electron chi connectivity index (χ0n) is 13.6. The Morgan fingerprint density at radius 2 is 2.17 bits per heavy atom. The maximum absolute atomic E-state index is 12.7. The molecule has 1 atom stereocenters. The summed E-state index contributed by atoms with van der Waals surface area (Å²) in [7, 11) is 1.58. The van der Waals surface area contributed by atoms with Crippen LogP contribution < -0.4 is 4.74 Å². The van der Waals surface area contributed by atoms with Gasteiger partial charge in [0.1, 0.15) is 5.75 Å². The largest absolute Gasteiger partial charge is 0.497 e. The summed E-state index contributed by atoms with van der Waals surface area (Å²) in [5, 5.41) is 0.729. The summed E-state index contributed by atoms with van der Waals surface area (Å²) in [6.45, 7) is 2.74. The van der Waals surface area contributed by atoms with Gasteiger partial charge >= 0.3 is 0 Å². The third-order valence-electron chi connectivity index (χ3n) is 4.69. The second kappa shape index (κ2) is 6.44. The molecule has 1 saturated heterocycles. The van der Waals surface area contributed by atoms with Crippen LogP contribution in [0.5, 0.6) is 5.75 Å². The minimum absolute atomic E-state index is 0.181. The third kappa shape index (κ3) is 2.83. The Balaban J connectivity index is 1.91. The molecule has 0 spiro atoms. The number of H-pyrrole nitrogens is 1. The first-order valence-corrected chi connectivity index (χ1v) is 8.16. The van der Waals surface area contributed by atoms with Crippen LogP contribution >= 0.6 is 0 Å². The van der Waals surface area contributed by atoms with Crippen LogP contribution in [-0.2, 0) is 4.79 Å². The lowest BCUT2D eigenvalue weighted by Gasteiger charge is -2.34. The molecule has 1 aromatic heterocycles. The van der Waals surface area contributed by atoms with E-state index in [9.17, 15) is 9.59 Å². The number of piperidine rings is 1. The average molecular weight is 314 g/mol. The van der Waals surface area contributed by atoms with E-state index in [0.29, 0.717) is 17.9 Å². The monoisotopic (exact) mass is 314 g/mol. The van der Waals surface area contributed by atoms with E-state index >= 15 is 0 Å². The van der Waals surface area contributed by atoms with Crippen LogP contribution in [0.2, 0.25) is 0 Å². The Labute approximate surface area is 135 Å². The molecule has 2 aromatic rings. The highest BCUT2D eigenvalue weighted by Gasteiger charge is 2.31. The number of methoxy groups -OCH3 is 1. The molecule has 2 heterocycles. The van der Waals surface area contributed by atoms with Gasteiger partial charge in [0.25, 0.3) is 11.7 Å². The molecule has 0 radical (unpaired) electrons. The summed E-state index contributed by atoms with van der Waals surface area (Å²) in [6, 6.07) is 5.65. The molecule has 1 fully saturated rings. The molecule has 1 aliphatic heterocycles. The van der Waals surface area contributed by atoms with Crippen molar-refractivity contribution in [2.75, 3.05) is 13.7 Å².